The first-order valence-corrected chi connectivity index (χ1v) is 7.31. The zero-order chi connectivity index (χ0) is 14.4. The lowest BCUT2D eigenvalue weighted by Crippen LogP contribution is -2.44. The molecule has 4 nitrogen and oxygen atoms in total. The first-order valence-electron chi connectivity index (χ1n) is 7.31. The SMILES string of the molecule is CNC1CCN(C(=O)CCc2ccc(OC)cc2)CC1. The first kappa shape index (κ1) is 14.9. The van der Waals surface area contributed by atoms with E-state index >= 15 is 0 Å². The molecule has 0 unspecified atom stereocenters. The number of likely N-dealkylation sites (tertiary alicyclic amines) is 1. The minimum Gasteiger partial charge on any atom is -0.497 e. The van der Waals surface area contributed by atoms with E-state index in [0.717, 1.165) is 38.1 Å². The molecule has 1 aliphatic heterocycles. The van der Waals surface area contributed by atoms with Crippen molar-refractivity contribution in [2.45, 2.75) is 31.7 Å². The average molecular weight is 276 g/mol. The van der Waals surface area contributed by atoms with E-state index in [1.165, 1.54) is 5.56 Å². The van der Waals surface area contributed by atoms with Gasteiger partial charge in [0.05, 0.1) is 7.11 Å². The van der Waals surface area contributed by atoms with Crippen LogP contribution in [0.5, 0.6) is 5.75 Å². The maximum Gasteiger partial charge on any atom is 0.222 e. The largest absolute Gasteiger partial charge is 0.497 e. The number of hydrogen-bond donors (Lipinski definition) is 1. The molecule has 0 aromatic heterocycles. The third-order valence-electron chi connectivity index (χ3n) is 4.04. The Balaban J connectivity index is 1.77. The molecule has 20 heavy (non-hydrogen) atoms. The molecule has 1 N–H and O–H groups in total. The highest BCUT2D eigenvalue weighted by molar-refractivity contribution is 5.76. The van der Waals surface area contributed by atoms with Crippen LogP contribution in [0.15, 0.2) is 24.3 Å². The number of ether oxygens (including phenoxy) is 1. The fourth-order valence-electron chi connectivity index (χ4n) is 2.62. The Labute approximate surface area is 121 Å². The normalized spacial score (nSPS) is 16.2. The molecule has 1 aromatic rings. The maximum atomic E-state index is 12.2. The molecule has 1 heterocycles. The zero-order valence-corrected chi connectivity index (χ0v) is 12.4. The predicted molar refractivity (Wildman–Crippen MR) is 80.0 cm³/mol. The van der Waals surface area contributed by atoms with Crippen molar-refractivity contribution in [3.8, 4) is 5.75 Å². The average Bonchev–Trinajstić information content (AvgIpc) is 2.53. The van der Waals surface area contributed by atoms with E-state index in [2.05, 4.69) is 5.32 Å². The number of methoxy groups -OCH3 is 1. The Morgan fingerprint density at radius 1 is 1.30 bits per heavy atom. The third kappa shape index (κ3) is 3.97. The van der Waals surface area contributed by atoms with Gasteiger partial charge in [-0.15, -0.1) is 0 Å². The number of hydrogen-bond acceptors (Lipinski definition) is 3. The molecule has 2 rings (SSSR count). The Kier molecular flexibility index (Phi) is 5.41. The van der Waals surface area contributed by atoms with Crippen LogP contribution in [0.3, 0.4) is 0 Å². The third-order valence-corrected chi connectivity index (χ3v) is 4.04. The summed E-state index contributed by atoms with van der Waals surface area (Å²) >= 11 is 0. The molecule has 1 aliphatic rings. The molecule has 1 aromatic carbocycles. The van der Waals surface area contributed by atoms with Gasteiger partial charge in [0, 0.05) is 25.6 Å². The lowest BCUT2D eigenvalue weighted by Gasteiger charge is -2.31. The summed E-state index contributed by atoms with van der Waals surface area (Å²) in [5.41, 5.74) is 1.18. The topological polar surface area (TPSA) is 41.6 Å². The summed E-state index contributed by atoms with van der Waals surface area (Å²) in [6.45, 7) is 1.76. The minimum absolute atomic E-state index is 0.273. The summed E-state index contributed by atoms with van der Waals surface area (Å²) in [6.07, 6.45) is 3.51. The molecule has 0 radical (unpaired) electrons. The highest BCUT2D eigenvalue weighted by atomic mass is 16.5. The number of carbonyl (C=O) groups is 1. The monoisotopic (exact) mass is 276 g/mol. The Bertz CT molecular complexity index is 423. The smallest absolute Gasteiger partial charge is 0.222 e. The van der Waals surface area contributed by atoms with Crippen molar-refractivity contribution in [3.63, 3.8) is 0 Å². The van der Waals surface area contributed by atoms with Crippen molar-refractivity contribution in [2.75, 3.05) is 27.2 Å². The van der Waals surface area contributed by atoms with E-state index in [4.69, 9.17) is 4.74 Å². The second kappa shape index (κ2) is 7.29. The molecule has 0 spiro atoms. The van der Waals surface area contributed by atoms with E-state index in [-0.39, 0.29) is 5.91 Å². The first-order chi connectivity index (χ1) is 9.72. The summed E-state index contributed by atoms with van der Waals surface area (Å²) in [4.78, 5) is 14.2. The number of piperidine rings is 1. The van der Waals surface area contributed by atoms with E-state index in [1.54, 1.807) is 7.11 Å². The molecular weight excluding hydrogens is 252 g/mol. The van der Waals surface area contributed by atoms with Crippen LogP contribution in [-0.2, 0) is 11.2 Å². The van der Waals surface area contributed by atoms with Crippen molar-refractivity contribution >= 4 is 5.91 Å². The molecule has 0 bridgehead atoms. The number of benzene rings is 1. The van der Waals surface area contributed by atoms with Crippen molar-refractivity contribution in [1.82, 2.24) is 10.2 Å². The molecule has 0 atom stereocenters. The van der Waals surface area contributed by atoms with E-state index < -0.39 is 0 Å². The van der Waals surface area contributed by atoms with Crippen molar-refractivity contribution < 1.29 is 9.53 Å². The number of nitrogens with one attached hydrogen (secondary N) is 1. The molecule has 110 valence electrons. The minimum atomic E-state index is 0.273. The van der Waals surface area contributed by atoms with Crippen molar-refractivity contribution in [3.05, 3.63) is 29.8 Å². The van der Waals surface area contributed by atoms with Crippen LogP contribution in [0.4, 0.5) is 0 Å². The fourth-order valence-corrected chi connectivity index (χ4v) is 2.62. The van der Waals surface area contributed by atoms with Gasteiger partial charge in [-0.3, -0.25) is 4.79 Å². The Hall–Kier alpha value is -1.55. The maximum absolute atomic E-state index is 12.2. The van der Waals surface area contributed by atoms with Crippen LogP contribution < -0.4 is 10.1 Å². The summed E-state index contributed by atoms with van der Waals surface area (Å²) in [5.74, 6) is 1.13. The predicted octanol–water partition coefficient (Wildman–Crippen LogP) is 1.84. The summed E-state index contributed by atoms with van der Waals surface area (Å²) in [5, 5.41) is 3.28. The van der Waals surface area contributed by atoms with Gasteiger partial charge in [0.1, 0.15) is 5.75 Å². The van der Waals surface area contributed by atoms with Gasteiger partial charge in [-0.25, -0.2) is 0 Å². The van der Waals surface area contributed by atoms with Gasteiger partial charge in [0.2, 0.25) is 5.91 Å². The van der Waals surface area contributed by atoms with Crippen LogP contribution in [0, 0.1) is 0 Å². The van der Waals surface area contributed by atoms with E-state index in [1.807, 2.05) is 36.2 Å². The molecule has 1 saturated heterocycles. The van der Waals surface area contributed by atoms with Crippen molar-refractivity contribution in [2.24, 2.45) is 0 Å². The van der Waals surface area contributed by atoms with Crippen LogP contribution in [-0.4, -0.2) is 44.1 Å². The molecular formula is C16H24N2O2. The van der Waals surface area contributed by atoms with Crippen molar-refractivity contribution in [1.29, 1.82) is 0 Å². The van der Waals surface area contributed by atoms with E-state index in [9.17, 15) is 4.79 Å². The highest BCUT2D eigenvalue weighted by Crippen LogP contribution is 2.15. The van der Waals surface area contributed by atoms with Gasteiger partial charge < -0.3 is 15.0 Å². The van der Waals surface area contributed by atoms with Gasteiger partial charge in [-0.1, -0.05) is 12.1 Å². The lowest BCUT2D eigenvalue weighted by molar-refractivity contribution is -0.132. The molecule has 0 saturated carbocycles. The fraction of sp³-hybridized carbons (Fsp3) is 0.562. The summed E-state index contributed by atoms with van der Waals surface area (Å²) in [7, 11) is 3.65. The highest BCUT2D eigenvalue weighted by Gasteiger charge is 2.21. The van der Waals surface area contributed by atoms with Crippen LogP contribution >= 0.6 is 0 Å². The number of carbonyl (C=O) groups excluding carboxylic acids is 1. The molecule has 4 heteroatoms. The second-order valence-corrected chi connectivity index (χ2v) is 5.29. The molecule has 1 fully saturated rings. The van der Waals surface area contributed by atoms with Gasteiger partial charge in [0.25, 0.3) is 0 Å². The Morgan fingerprint density at radius 2 is 1.95 bits per heavy atom. The van der Waals surface area contributed by atoms with Crippen LogP contribution in [0.1, 0.15) is 24.8 Å². The van der Waals surface area contributed by atoms with Crippen LogP contribution in [0.25, 0.3) is 0 Å². The number of amides is 1. The summed E-state index contributed by atoms with van der Waals surface area (Å²) < 4.78 is 5.13. The van der Waals surface area contributed by atoms with E-state index in [0.29, 0.717) is 12.5 Å². The quantitative estimate of drug-likeness (QED) is 0.892. The second-order valence-electron chi connectivity index (χ2n) is 5.29. The van der Waals surface area contributed by atoms with Gasteiger partial charge in [0.15, 0.2) is 0 Å². The zero-order valence-electron chi connectivity index (χ0n) is 12.4. The van der Waals surface area contributed by atoms with Crippen LogP contribution in [0.2, 0.25) is 0 Å². The molecule has 0 aliphatic carbocycles. The number of rotatable bonds is 5. The van der Waals surface area contributed by atoms with Gasteiger partial charge in [-0.2, -0.15) is 0 Å². The number of aryl methyl sites for hydroxylation is 1. The van der Waals surface area contributed by atoms with Gasteiger partial charge in [-0.05, 0) is 44.0 Å². The molecule has 1 amide bonds. The number of nitrogens with zero attached hydrogens (tertiary/aromatic N) is 1. The Morgan fingerprint density at radius 3 is 2.50 bits per heavy atom. The lowest BCUT2D eigenvalue weighted by atomic mass is 10.0. The van der Waals surface area contributed by atoms with Gasteiger partial charge >= 0.3 is 0 Å². The summed E-state index contributed by atoms with van der Waals surface area (Å²) in [6, 6.07) is 8.51. The standard InChI is InChI=1S/C16H24N2O2/c1-17-14-9-11-18(12-10-14)16(19)8-5-13-3-6-15(20-2)7-4-13/h3-4,6-7,14,17H,5,8-12H2,1-2H3.